The molecule has 0 fully saturated rings. The van der Waals surface area contributed by atoms with E-state index >= 15 is 0 Å². The molecule has 33 heavy (non-hydrogen) atoms. The number of para-hydroxylation sites is 3. The number of carbonyl (C=O) groups excluding carboxylic acids is 2. The van der Waals surface area contributed by atoms with Crippen LogP contribution in [-0.4, -0.2) is 35.4 Å². The summed E-state index contributed by atoms with van der Waals surface area (Å²) in [6.07, 6.45) is 4.78. The molecule has 2 aromatic heterocycles. The highest BCUT2D eigenvalue weighted by Gasteiger charge is 2.13. The van der Waals surface area contributed by atoms with Crippen molar-refractivity contribution in [3.8, 4) is 22.0 Å². The zero-order chi connectivity index (χ0) is 23.0. The van der Waals surface area contributed by atoms with Crippen molar-refractivity contribution in [2.24, 2.45) is 0 Å². The molecular weight excluding hydrogens is 438 g/mol. The predicted octanol–water partition coefficient (Wildman–Crippen LogP) is 4.80. The first-order valence-electron chi connectivity index (χ1n) is 10.1. The lowest BCUT2D eigenvalue weighted by Gasteiger charge is -2.09. The van der Waals surface area contributed by atoms with Crippen LogP contribution in [0.15, 0.2) is 84.4 Å². The maximum Gasteiger partial charge on any atom is 0.331 e. The molecule has 2 aromatic carbocycles. The number of amides is 1. The van der Waals surface area contributed by atoms with Gasteiger partial charge in [-0.2, -0.15) is 5.10 Å². The highest BCUT2D eigenvalue weighted by Crippen LogP contribution is 2.28. The minimum absolute atomic E-state index is 0.414. The number of esters is 1. The van der Waals surface area contributed by atoms with E-state index in [2.05, 4.69) is 10.4 Å². The topological polar surface area (TPSA) is 82.5 Å². The van der Waals surface area contributed by atoms with Crippen LogP contribution in [0.2, 0.25) is 0 Å². The van der Waals surface area contributed by atoms with Gasteiger partial charge in [0.15, 0.2) is 6.61 Å². The van der Waals surface area contributed by atoms with Crippen LogP contribution >= 0.6 is 11.3 Å². The number of thiophene rings is 1. The van der Waals surface area contributed by atoms with Crippen LogP contribution in [0.4, 0.5) is 5.69 Å². The summed E-state index contributed by atoms with van der Waals surface area (Å²) in [5, 5.41) is 9.32. The Bertz CT molecular complexity index is 1260. The second-order valence-electron chi connectivity index (χ2n) is 6.88. The summed E-state index contributed by atoms with van der Waals surface area (Å²) in [5.41, 5.74) is 2.93. The van der Waals surface area contributed by atoms with Crippen molar-refractivity contribution in [3.63, 3.8) is 0 Å². The van der Waals surface area contributed by atoms with Gasteiger partial charge in [-0.25, -0.2) is 9.48 Å². The highest BCUT2D eigenvalue weighted by atomic mass is 32.1. The largest absolute Gasteiger partial charge is 0.495 e. The summed E-state index contributed by atoms with van der Waals surface area (Å²) in [7, 11) is 1.51. The van der Waals surface area contributed by atoms with Crippen molar-refractivity contribution in [1.82, 2.24) is 9.78 Å². The van der Waals surface area contributed by atoms with Crippen molar-refractivity contribution in [3.05, 3.63) is 89.9 Å². The van der Waals surface area contributed by atoms with E-state index in [0.717, 1.165) is 21.8 Å². The fourth-order valence-electron chi connectivity index (χ4n) is 3.10. The maximum atomic E-state index is 12.2. The molecule has 4 rings (SSSR count). The highest BCUT2D eigenvalue weighted by molar-refractivity contribution is 7.13. The number of rotatable bonds is 8. The molecule has 0 aliphatic carbocycles. The number of nitrogens with zero attached hydrogens (tertiary/aromatic N) is 2. The first kappa shape index (κ1) is 22.0. The van der Waals surface area contributed by atoms with E-state index in [-0.39, 0.29) is 0 Å². The molecule has 0 saturated heterocycles. The number of aromatic nitrogens is 2. The molecule has 0 spiro atoms. The number of anilines is 1. The van der Waals surface area contributed by atoms with Gasteiger partial charge < -0.3 is 14.8 Å². The van der Waals surface area contributed by atoms with Gasteiger partial charge in [0.25, 0.3) is 5.91 Å². The predicted molar refractivity (Wildman–Crippen MR) is 128 cm³/mol. The Hall–Kier alpha value is -4.17. The van der Waals surface area contributed by atoms with Crippen molar-refractivity contribution < 1.29 is 19.1 Å². The summed E-state index contributed by atoms with van der Waals surface area (Å²) in [4.78, 5) is 25.4. The van der Waals surface area contributed by atoms with E-state index in [9.17, 15) is 9.59 Å². The maximum absolute atomic E-state index is 12.2. The molecule has 0 aliphatic heterocycles. The molecule has 4 aromatic rings. The fourth-order valence-corrected chi connectivity index (χ4v) is 3.84. The quantitative estimate of drug-likeness (QED) is 0.302. The molecule has 8 heteroatoms. The van der Waals surface area contributed by atoms with Gasteiger partial charge in [0.1, 0.15) is 11.4 Å². The van der Waals surface area contributed by atoms with Gasteiger partial charge in [0, 0.05) is 17.8 Å². The van der Waals surface area contributed by atoms with Crippen molar-refractivity contribution >= 4 is 35.0 Å². The summed E-state index contributed by atoms with van der Waals surface area (Å²) in [6, 6.07) is 20.6. The van der Waals surface area contributed by atoms with Crippen LogP contribution in [-0.2, 0) is 14.3 Å². The zero-order valence-corrected chi connectivity index (χ0v) is 18.6. The Kier molecular flexibility index (Phi) is 6.96. The Labute approximate surface area is 194 Å². The molecule has 0 radical (unpaired) electrons. The molecule has 0 saturated carbocycles. The van der Waals surface area contributed by atoms with Gasteiger partial charge in [0.05, 0.1) is 23.4 Å². The Morgan fingerprint density at radius 3 is 2.61 bits per heavy atom. The van der Waals surface area contributed by atoms with E-state index in [0.29, 0.717) is 11.4 Å². The van der Waals surface area contributed by atoms with E-state index in [1.165, 1.54) is 13.2 Å². The van der Waals surface area contributed by atoms with Crippen LogP contribution in [0.3, 0.4) is 0 Å². The molecule has 0 atom stereocenters. The first-order chi connectivity index (χ1) is 16.1. The monoisotopic (exact) mass is 459 g/mol. The summed E-state index contributed by atoms with van der Waals surface area (Å²) in [5.74, 6) is -0.569. The van der Waals surface area contributed by atoms with Crippen molar-refractivity contribution in [1.29, 1.82) is 0 Å². The Morgan fingerprint density at radius 1 is 1.06 bits per heavy atom. The number of methoxy groups -OCH3 is 1. The standard InChI is InChI=1S/C25H21N3O4S/c1-31-21-11-6-5-10-20(21)26-23(29)17-32-24(30)14-13-18-16-28(19-8-3-2-4-9-19)27-25(18)22-12-7-15-33-22/h2-16H,17H2,1H3,(H,26,29)/b14-13+. The summed E-state index contributed by atoms with van der Waals surface area (Å²) >= 11 is 1.56. The smallest absolute Gasteiger partial charge is 0.331 e. The molecule has 166 valence electrons. The van der Waals surface area contributed by atoms with Crippen molar-refractivity contribution in [2.75, 3.05) is 19.0 Å². The van der Waals surface area contributed by atoms with Gasteiger partial charge in [0.2, 0.25) is 0 Å². The van der Waals surface area contributed by atoms with Crippen molar-refractivity contribution in [2.45, 2.75) is 0 Å². The minimum Gasteiger partial charge on any atom is -0.495 e. The molecule has 0 aliphatic rings. The lowest BCUT2D eigenvalue weighted by Crippen LogP contribution is -2.20. The normalized spacial score (nSPS) is 10.8. The molecule has 0 unspecified atom stereocenters. The molecule has 0 bridgehead atoms. The number of nitrogens with one attached hydrogen (secondary N) is 1. The van der Waals surface area contributed by atoms with Crippen LogP contribution in [0.5, 0.6) is 5.75 Å². The number of hydrogen-bond donors (Lipinski definition) is 1. The third-order valence-electron chi connectivity index (χ3n) is 4.64. The second kappa shape index (κ2) is 10.4. The molecular formula is C25H21N3O4S. The van der Waals surface area contributed by atoms with E-state index in [4.69, 9.17) is 9.47 Å². The number of carbonyl (C=O) groups is 2. The molecule has 7 nitrogen and oxygen atoms in total. The van der Waals surface area contributed by atoms with Gasteiger partial charge in [-0.3, -0.25) is 4.79 Å². The van der Waals surface area contributed by atoms with Crippen LogP contribution < -0.4 is 10.1 Å². The minimum atomic E-state index is -0.630. The van der Waals surface area contributed by atoms with E-state index < -0.39 is 18.5 Å². The SMILES string of the molecule is COc1ccccc1NC(=O)COC(=O)/C=C/c1cn(-c2ccccc2)nc1-c1cccs1. The number of hydrogen-bond acceptors (Lipinski definition) is 6. The molecule has 2 heterocycles. The lowest BCUT2D eigenvalue weighted by molar-refractivity contribution is -0.142. The van der Waals surface area contributed by atoms with E-state index in [1.807, 2.05) is 54.0 Å². The number of ether oxygens (including phenoxy) is 2. The second-order valence-corrected chi connectivity index (χ2v) is 7.83. The third kappa shape index (κ3) is 5.55. The van der Waals surface area contributed by atoms with Gasteiger partial charge >= 0.3 is 5.97 Å². The lowest BCUT2D eigenvalue weighted by atomic mass is 10.2. The zero-order valence-electron chi connectivity index (χ0n) is 17.8. The Morgan fingerprint density at radius 2 is 1.85 bits per heavy atom. The molecule has 1 amide bonds. The average molecular weight is 460 g/mol. The third-order valence-corrected chi connectivity index (χ3v) is 5.52. The fraction of sp³-hybridized carbons (Fsp3) is 0.0800. The Balaban J connectivity index is 1.43. The summed E-state index contributed by atoms with van der Waals surface area (Å²) in [6.45, 7) is -0.414. The van der Waals surface area contributed by atoms with Crippen LogP contribution in [0.1, 0.15) is 5.56 Å². The van der Waals surface area contributed by atoms with Crippen LogP contribution in [0, 0.1) is 0 Å². The number of benzene rings is 2. The van der Waals surface area contributed by atoms with Crippen LogP contribution in [0.25, 0.3) is 22.3 Å². The average Bonchev–Trinajstić information content (AvgIpc) is 3.52. The first-order valence-corrected chi connectivity index (χ1v) is 11.0. The van der Waals surface area contributed by atoms with Gasteiger partial charge in [-0.15, -0.1) is 11.3 Å². The van der Waals surface area contributed by atoms with E-state index in [1.54, 1.807) is 46.4 Å². The molecule has 1 N–H and O–H groups in total. The van der Waals surface area contributed by atoms with Gasteiger partial charge in [-0.1, -0.05) is 36.4 Å². The summed E-state index contributed by atoms with van der Waals surface area (Å²) < 4.78 is 12.0. The van der Waals surface area contributed by atoms with Gasteiger partial charge in [-0.05, 0) is 41.8 Å².